The van der Waals surface area contributed by atoms with Gasteiger partial charge in [0.15, 0.2) is 0 Å². The van der Waals surface area contributed by atoms with Crippen LogP contribution in [0, 0.1) is 0 Å². The van der Waals surface area contributed by atoms with E-state index in [0.717, 1.165) is 19.5 Å². The van der Waals surface area contributed by atoms with E-state index < -0.39 is 10.0 Å². The molecule has 0 bridgehead atoms. The van der Waals surface area contributed by atoms with E-state index in [1.165, 1.54) is 19.3 Å². The molecule has 1 aromatic carbocycles. The molecular formula is C15H21BrN2O2S. The average molecular weight is 373 g/mol. The van der Waals surface area contributed by atoms with Crippen molar-refractivity contribution in [1.82, 2.24) is 9.21 Å². The highest BCUT2D eigenvalue weighted by Gasteiger charge is 2.31. The van der Waals surface area contributed by atoms with Gasteiger partial charge in [0.05, 0.1) is 4.90 Å². The summed E-state index contributed by atoms with van der Waals surface area (Å²) in [7, 11) is -3.39. The van der Waals surface area contributed by atoms with Crippen molar-refractivity contribution in [2.45, 2.75) is 36.6 Å². The Morgan fingerprint density at radius 2 is 1.76 bits per heavy atom. The number of nitrogens with zero attached hydrogens (tertiary/aromatic N) is 2. The van der Waals surface area contributed by atoms with Crippen molar-refractivity contribution in [3.05, 3.63) is 28.7 Å². The lowest BCUT2D eigenvalue weighted by atomic mass is 9.91. The molecule has 0 unspecified atom stereocenters. The van der Waals surface area contributed by atoms with Crippen molar-refractivity contribution in [2.75, 3.05) is 26.2 Å². The zero-order chi connectivity index (χ0) is 14.9. The minimum atomic E-state index is -3.39. The summed E-state index contributed by atoms with van der Waals surface area (Å²) in [4.78, 5) is 2.85. The largest absolute Gasteiger partial charge is 0.299 e. The Morgan fingerprint density at radius 3 is 2.43 bits per heavy atom. The Morgan fingerprint density at radius 1 is 1.00 bits per heavy atom. The van der Waals surface area contributed by atoms with Gasteiger partial charge in [-0.05, 0) is 53.9 Å². The van der Waals surface area contributed by atoms with Crippen molar-refractivity contribution in [3.63, 3.8) is 0 Å². The van der Waals surface area contributed by atoms with Crippen molar-refractivity contribution >= 4 is 26.0 Å². The molecule has 0 aromatic heterocycles. The third-order valence-electron chi connectivity index (χ3n) is 4.54. The fourth-order valence-electron chi connectivity index (χ4n) is 3.06. The molecule has 4 nitrogen and oxygen atoms in total. The first-order valence-corrected chi connectivity index (χ1v) is 9.81. The summed E-state index contributed by atoms with van der Waals surface area (Å²) in [6, 6.07) is 7.76. The van der Waals surface area contributed by atoms with Crippen LogP contribution < -0.4 is 0 Å². The molecule has 1 saturated heterocycles. The molecule has 1 saturated carbocycles. The van der Waals surface area contributed by atoms with Gasteiger partial charge >= 0.3 is 0 Å². The molecule has 1 aliphatic carbocycles. The highest BCUT2D eigenvalue weighted by molar-refractivity contribution is 9.10. The average Bonchev–Trinajstić information content (AvgIpc) is 2.63. The summed E-state index contributed by atoms with van der Waals surface area (Å²) >= 11 is 3.36. The second-order valence-electron chi connectivity index (χ2n) is 5.81. The summed E-state index contributed by atoms with van der Waals surface area (Å²) in [5.74, 6) is 0. The molecule has 0 spiro atoms. The highest BCUT2D eigenvalue weighted by atomic mass is 79.9. The Balaban J connectivity index is 1.75. The van der Waals surface area contributed by atoms with E-state index in [2.05, 4.69) is 20.8 Å². The molecule has 2 aliphatic rings. The van der Waals surface area contributed by atoms with Crippen LogP contribution in [-0.4, -0.2) is 49.8 Å². The number of hydrogen-bond donors (Lipinski definition) is 0. The first kappa shape index (κ1) is 15.5. The SMILES string of the molecule is O=S(=O)(c1ccccc1Br)N1CCCN(C2CCC2)CC1. The maximum atomic E-state index is 12.8. The number of benzene rings is 1. The topological polar surface area (TPSA) is 40.6 Å². The van der Waals surface area contributed by atoms with E-state index in [9.17, 15) is 8.42 Å². The van der Waals surface area contributed by atoms with Crippen LogP contribution in [0.15, 0.2) is 33.6 Å². The maximum Gasteiger partial charge on any atom is 0.244 e. The fraction of sp³-hybridized carbons (Fsp3) is 0.600. The molecule has 0 atom stereocenters. The smallest absolute Gasteiger partial charge is 0.244 e. The van der Waals surface area contributed by atoms with Crippen LogP contribution in [0.4, 0.5) is 0 Å². The van der Waals surface area contributed by atoms with Crippen LogP contribution in [0.2, 0.25) is 0 Å². The van der Waals surface area contributed by atoms with Crippen LogP contribution in [-0.2, 0) is 10.0 Å². The van der Waals surface area contributed by atoms with Gasteiger partial charge in [0.1, 0.15) is 0 Å². The molecule has 1 aromatic rings. The van der Waals surface area contributed by atoms with Gasteiger partial charge in [-0.3, -0.25) is 4.90 Å². The van der Waals surface area contributed by atoms with E-state index in [1.807, 2.05) is 6.07 Å². The standard InChI is InChI=1S/C15H21BrN2O2S/c16-14-7-1-2-8-15(14)21(19,20)18-10-4-9-17(11-12-18)13-5-3-6-13/h1-2,7-8,13H,3-6,9-12H2. The number of halogens is 1. The molecule has 0 amide bonds. The van der Waals surface area contributed by atoms with E-state index in [-0.39, 0.29) is 0 Å². The Kier molecular flexibility index (Phi) is 4.69. The zero-order valence-electron chi connectivity index (χ0n) is 12.0. The van der Waals surface area contributed by atoms with Gasteiger partial charge in [-0.25, -0.2) is 8.42 Å². The lowest BCUT2D eigenvalue weighted by Gasteiger charge is -2.36. The molecule has 3 rings (SSSR count). The predicted molar refractivity (Wildman–Crippen MR) is 86.7 cm³/mol. The molecule has 2 fully saturated rings. The third kappa shape index (κ3) is 3.18. The van der Waals surface area contributed by atoms with Crippen LogP contribution in [0.1, 0.15) is 25.7 Å². The summed E-state index contributed by atoms with van der Waals surface area (Å²) in [6.07, 6.45) is 4.79. The number of sulfonamides is 1. The molecule has 116 valence electrons. The van der Waals surface area contributed by atoms with E-state index in [0.29, 0.717) is 28.5 Å². The summed E-state index contributed by atoms with van der Waals surface area (Å²) < 4.78 is 27.9. The minimum absolute atomic E-state index is 0.377. The second-order valence-corrected chi connectivity index (χ2v) is 8.57. The van der Waals surface area contributed by atoms with Gasteiger partial charge in [-0.15, -0.1) is 0 Å². The van der Waals surface area contributed by atoms with Crippen molar-refractivity contribution < 1.29 is 8.42 Å². The first-order chi connectivity index (χ1) is 10.1. The normalized spacial score (nSPS) is 22.7. The Hall–Kier alpha value is -0.430. The van der Waals surface area contributed by atoms with E-state index >= 15 is 0 Å². The molecule has 21 heavy (non-hydrogen) atoms. The molecule has 0 radical (unpaired) electrons. The summed E-state index contributed by atoms with van der Waals surface area (Å²) in [6.45, 7) is 3.09. The van der Waals surface area contributed by atoms with Crippen molar-refractivity contribution in [1.29, 1.82) is 0 Å². The lowest BCUT2D eigenvalue weighted by Crippen LogP contribution is -2.42. The molecule has 6 heteroatoms. The van der Waals surface area contributed by atoms with Gasteiger partial charge in [0.2, 0.25) is 10.0 Å². The predicted octanol–water partition coefficient (Wildman–Crippen LogP) is 2.70. The molecule has 0 N–H and O–H groups in total. The zero-order valence-corrected chi connectivity index (χ0v) is 14.4. The quantitative estimate of drug-likeness (QED) is 0.818. The van der Waals surface area contributed by atoms with Crippen molar-refractivity contribution in [2.24, 2.45) is 0 Å². The monoisotopic (exact) mass is 372 g/mol. The Bertz CT molecular complexity index is 601. The van der Waals surface area contributed by atoms with Crippen molar-refractivity contribution in [3.8, 4) is 0 Å². The van der Waals surface area contributed by atoms with Gasteiger partial charge in [-0.2, -0.15) is 4.31 Å². The van der Waals surface area contributed by atoms with Crippen LogP contribution in [0.3, 0.4) is 0 Å². The van der Waals surface area contributed by atoms with Gasteiger partial charge < -0.3 is 0 Å². The summed E-state index contributed by atoms with van der Waals surface area (Å²) in [5.41, 5.74) is 0. The lowest BCUT2D eigenvalue weighted by molar-refractivity contribution is 0.134. The van der Waals surface area contributed by atoms with Crippen LogP contribution in [0.25, 0.3) is 0 Å². The molecule has 1 heterocycles. The second kappa shape index (κ2) is 6.36. The van der Waals surface area contributed by atoms with Crippen LogP contribution >= 0.6 is 15.9 Å². The van der Waals surface area contributed by atoms with Gasteiger partial charge in [-0.1, -0.05) is 18.6 Å². The Labute approximate surface area is 135 Å². The number of hydrogen-bond acceptors (Lipinski definition) is 3. The van der Waals surface area contributed by atoms with Gasteiger partial charge in [0.25, 0.3) is 0 Å². The fourth-order valence-corrected chi connectivity index (χ4v) is 5.50. The maximum absolute atomic E-state index is 12.8. The first-order valence-electron chi connectivity index (χ1n) is 7.58. The molecular weight excluding hydrogens is 352 g/mol. The highest BCUT2D eigenvalue weighted by Crippen LogP contribution is 2.28. The van der Waals surface area contributed by atoms with E-state index in [1.54, 1.807) is 22.5 Å². The minimum Gasteiger partial charge on any atom is -0.299 e. The molecule has 1 aliphatic heterocycles. The summed E-state index contributed by atoms with van der Waals surface area (Å²) in [5, 5.41) is 0. The van der Waals surface area contributed by atoms with E-state index in [4.69, 9.17) is 0 Å². The number of rotatable bonds is 3. The van der Waals surface area contributed by atoms with Gasteiger partial charge in [0, 0.05) is 30.1 Å². The third-order valence-corrected chi connectivity index (χ3v) is 7.45. The van der Waals surface area contributed by atoms with Crippen LogP contribution in [0.5, 0.6) is 0 Å².